The van der Waals surface area contributed by atoms with E-state index >= 15 is 0 Å². The van der Waals surface area contributed by atoms with Crippen LogP contribution in [0.3, 0.4) is 0 Å². The lowest BCUT2D eigenvalue weighted by Crippen LogP contribution is -2.06. The molecular weight excluding hydrogens is 280 g/mol. The number of hydrogen-bond acceptors (Lipinski definition) is 4. The van der Waals surface area contributed by atoms with Gasteiger partial charge in [0.15, 0.2) is 0 Å². The van der Waals surface area contributed by atoms with Crippen molar-refractivity contribution in [2.24, 2.45) is 0 Å². The molecule has 0 aliphatic rings. The third-order valence-electron chi connectivity index (χ3n) is 2.69. The topological polar surface area (TPSA) is 43.4 Å². The van der Waals surface area contributed by atoms with Crippen molar-refractivity contribution < 1.29 is 13.2 Å². The molecule has 0 saturated heterocycles. The smallest absolute Gasteiger partial charge is 0.148 e. The van der Waals surface area contributed by atoms with Gasteiger partial charge in [0.2, 0.25) is 0 Å². The molecule has 0 radical (unpaired) electrons. The largest absolute Gasteiger partial charge is 0.493 e. The average Bonchev–Trinajstić information content (AvgIpc) is 2.29. The van der Waals surface area contributed by atoms with Crippen molar-refractivity contribution in [1.82, 2.24) is 0 Å². The molecule has 5 heteroatoms. The van der Waals surface area contributed by atoms with Crippen molar-refractivity contribution in [2.45, 2.75) is 20.3 Å². The van der Waals surface area contributed by atoms with E-state index in [1.807, 2.05) is 32.0 Å². The summed E-state index contributed by atoms with van der Waals surface area (Å²) in [6, 6.07) is 6.12. The quantitative estimate of drug-likeness (QED) is 0.693. The van der Waals surface area contributed by atoms with Crippen LogP contribution in [0.15, 0.2) is 18.2 Å². The van der Waals surface area contributed by atoms with E-state index in [0.717, 1.165) is 29.1 Å². The maximum atomic E-state index is 10.9. The second kappa shape index (κ2) is 7.80. The normalized spacial score (nSPS) is 11.5. The minimum Gasteiger partial charge on any atom is -0.493 e. The van der Waals surface area contributed by atoms with E-state index in [0.29, 0.717) is 12.4 Å². The van der Waals surface area contributed by atoms with Crippen LogP contribution in [0.4, 0.5) is 0 Å². The molecule has 0 aliphatic heterocycles. The van der Waals surface area contributed by atoms with Crippen LogP contribution in [0.25, 0.3) is 0 Å². The Hall–Kier alpha value is -0.680. The Morgan fingerprint density at radius 1 is 1.16 bits per heavy atom. The highest BCUT2D eigenvalue weighted by Crippen LogP contribution is 2.22. The molecule has 0 unspecified atom stereocenters. The first kappa shape index (κ1) is 16.4. The fraction of sp³-hybridized carbons (Fsp3) is 0.571. The summed E-state index contributed by atoms with van der Waals surface area (Å²) in [5.41, 5.74) is 2.31. The van der Waals surface area contributed by atoms with Crippen molar-refractivity contribution in [1.29, 1.82) is 0 Å². The molecule has 108 valence electrons. The fourth-order valence-corrected chi connectivity index (χ4v) is 3.88. The second-order valence-electron chi connectivity index (χ2n) is 4.67. The van der Waals surface area contributed by atoms with Crippen LogP contribution in [-0.4, -0.2) is 38.5 Å². The zero-order valence-corrected chi connectivity index (χ0v) is 13.4. The molecule has 0 amide bonds. The summed E-state index contributed by atoms with van der Waals surface area (Å²) >= 11 is 1.66. The molecule has 19 heavy (non-hydrogen) atoms. The minimum absolute atomic E-state index is 0.259. The van der Waals surface area contributed by atoms with Gasteiger partial charge in [0.05, 0.1) is 12.4 Å². The molecular formula is C14H22O3S2. The summed E-state index contributed by atoms with van der Waals surface area (Å²) in [5.74, 6) is 2.83. The Morgan fingerprint density at radius 3 is 2.37 bits per heavy atom. The van der Waals surface area contributed by atoms with Crippen molar-refractivity contribution in [3.05, 3.63) is 29.3 Å². The highest BCUT2D eigenvalue weighted by Gasteiger charge is 2.03. The number of aryl methyl sites for hydroxylation is 2. The molecule has 0 bridgehead atoms. The number of rotatable bonds is 8. The van der Waals surface area contributed by atoms with Crippen LogP contribution in [0.2, 0.25) is 0 Å². The van der Waals surface area contributed by atoms with Crippen LogP contribution in [0.1, 0.15) is 17.5 Å². The van der Waals surface area contributed by atoms with E-state index in [1.165, 1.54) is 6.26 Å². The van der Waals surface area contributed by atoms with Gasteiger partial charge in [-0.2, -0.15) is 11.8 Å². The van der Waals surface area contributed by atoms with Crippen molar-refractivity contribution in [2.75, 3.05) is 30.1 Å². The van der Waals surface area contributed by atoms with Crippen LogP contribution in [0, 0.1) is 13.8 Å². The number of ether oxygens (including phenoxy) is 1. The molecule has 0 atom stereocenters. The maximum absolute atomic E-state index is 10.9. The van der Waals surface area contributed by atoms with Crippen LogP contribution in [0.5, 0.6) is 5.75 Å². The van der Waals surface area contributed by atoms with E-state index in [4.69, 9.17) is 4.74 Å². The molecule has 0 aromatic heterocycles. The summed E-state index contributed by atoms with van der Waals surface area (Å²) in [6.45, 7) is 4.77. The summed E-state index contributed by atoms with van der Waals surface area (Å²) in [6.07, 6.45) is 2.21. The SMILES string of the molecule is Cc1cccc(C)c1OCCCSCCS(C)(=O)=O. The van der Waals surface area contributed by atoms with Gasteiger partial charge in [-0.05, 0) is 37.1 Å². The molecule has 3 nitrogen and oxygen atoms in total. The molecule has 1 rings (SSSR count). The van der Waals surface area contributed by atoms with Gasteiger partial charge in [0.1, 0.15) is 15.6 Å². The Bertz CT molecular complexity index is 475. The monoisotopic (exact) mass is 302 g/mol. The van der Waals surface area contributed by atoms with Gasteiger partial charge in [0, 0.05) is 12.0 Å². The highest BCUT2D eigenvalue weighted by molar-refractivity contribution is 8.00. The summed E-state index contributed by atoms with van der Waals surface area (Å²) in [7, 11) is -2.82. The van der Waals surface area contributed by atoms with Gasteiger partial charge in [-0.1, -0.05) is 18.2 Å². The lowest BCUT2D eigenvalue weighted by Gasteiger charge is -2.11. The molecule has 0 spiro atoms. The summed E-state index contributed by atoms with van der Waals surface area (Å²) < 4.78 is 27.7. The van der Waals surface area contributed by atoms with E-state index in [9.17, 15) is 8.42 Å². The number of benzene rings is 1. The highest BCUT2D eigenvalue weighted by atomic mass is 32.2. The van der Waals surface area contributed by atoms with Gasteiger partial charge < -0.3 is 4.74 Å². The molecule has 1 aromatic rings. The first-order chi connectivity index (χ1) is 8.90. The lowest BCUT2D eigenvalue weighted by molar-refractivity contribution is 0.314. The number of para-hydroxylation sites is 1. The van der Waals surface area contributed by atoms with E-state index in [-0.39, 0.29) is 5.75 Å². The van der Waals surface area contributed by atoms with Crippen molar-refractivity contribution in [3.63, 3.8) is 0 Å². The Balaban J connectivity index is 2.18. The maximum Gasteiger partial charge on any atom is 0.148 e. The summed E-state index contributed by atoms with van der Waals surface area (Å²) in [5, 5.41) is 0. The summed E-state index contributed by atoms with van der Waals surface area (Å²) in [4.78, 5) is 0. The van der Waals surface area contributed by atoms with E-state index < -0.39 is 9.84 Å². The first-order valence-electron chi connectivity index (χ1n) is 6.34. The van der Waals surface area contributed by atoms with Crippen molar-refractivity contribution in [3.8, 4) is 5.75 Å². The second-order valence-corrected chi connectivity index (χ2v) is 8.15. The predicted octanol–water partition coefficient (Wildman–Crippen LogP) is 2.85. The lowest BCUT2D eigenvalue weighted by atomic mass is 10.1. The molecule has 1 aromatic carbocycles. The van der Waals surface area contributed by atoms with E-state index in [2.05, 4.69) is 0 Å². The van der Waals surface area contributed by atoms with E-state index in [1.54, 1.807) is 11.8 Å². The number of sulfone groups is 1. The van der Waals surface area contributed by atoms with Gasteiger partial charge in [-0.3, -0.25) is 0 Å². The Morgan fingerprint density at radius 2 is 1.79 bits per heavy atom. The minimum atomic E-state index is -2.82. The zero-order valence-electron chi connectivity index (χ0n) is 11.8. The molecule has 0 fully saturated rings. The number of thioether (sulfide) groups is 1. The van der Waals surface area contributed by atoms with Crippen LogP contribution in [-0.2, 0) is 9.84 Å². The standard InChI is InChI=1S/C14H22O3S2/c1-12-6-4-7-13(2)14(12)17-8-5-9-18-10-11-19(3,15)16/h4,6-7H,5,8-11H2,1-3H3. The van der Waals surface area contributed by atoms with Gasteiger partial charge >= 0.3 is 0 Å². The third kappa shape index (κ3) is 6.87. The Labute approximate surface area is 120 Å². The Kier molecular flexibility index (Phi) is 6.72. The third-order valence-corrected chi connectivity index (χ3v) is 4.96. The van der Waals surface area contributed by atoms with Crippen LogP contribution < -0.4 is 4.74 Å². The van der Waals surface area contributed by atoms with Gasteiger partial charge in [-0.25, -0.2) is 8.42 Å². The first-order valence-corrected chi connectivity index (χ1v) is 9.56. The molecule has 0 N–H and O–H groups in total. The number of hydrogen-bond donors (Lipinski definition) is 0. The average molecular weight is 302 g/mol. The van der Waals surface area contributed by atoms with Gasteiger partial charge in [-0.15, -0.1) is 0 Å². The van der Waals surface area contributed by atoms with Gasteiger partial charge in [0.25, 0.3) is 0 Å². The molecule has 0 heterocycles. The fourth-order valence-electron chi connectivity index (χ4n) is 1.67. The zero-order chi connectivity index (χ0) is 14.3. The molecule has 0 aliphatic carbocycles. The van der Waals surface area contributed by atoms with Crippen LogP contribution >= 0.6 is 11.8 Å². The predicted molar refractivity (Wildman–Crippen MR) is 83.1 cm³/mol. The van der Waals surface area contributed by atoms with Crippen molar-refractivity contribution >= 4 is 21.6 Å². The molecule has 0 saturated carbocycles.